The molecule has 2 aliphatic heterocycles. The zero-order chi connectivity index (χ0) is 18.6. The van der Waals surface area contributed by atoms with Crippen molar-refractivity contribution in [1.82, 2.24) is 19.8 Å². The molecule has 3 rings (SSSR count). The second-order valence-corrected chi connectivity index (χ2v) is 8.19. The summed E-state index contributed by atoms with van der Waals surface area (Å²) in [5, 5.41) is 0. The first-order valence-corrected chi connectivity index (χ1v) is 9.81. The first-order valence-electron chi connectivity index (χ1n) is 9.81. The lowest BCUT2D eigenvalue weighted by Crippen LogP contribution is -2.52. The van der Waals surface area contributed by atoms with Crippen LogP contribution in [-0.2, 0) is 16.1 Å². The normalized spacial score (nSPS) is 20.9. The van der Waals surface area contributed by atoms with Crippen LogP contribution < -0.4 is 0 Å². The maximum absolute atomic E-state index is 12.2. The summed E-state index contributed by atoms with van der Waals surface area (Å²) in [7, 11) is 1.69. The summed E-state index contributed by atoms with van der Waals surface area (Å²) >= 11 is 0. The fourth-order valence-electron chi connectivity index (χ4n) is 4.10. The highest BCUT2D eigenvalue weighted by Gasteiger charge is 2.40. The van der Waals surface area contributed by atoms with Crippen molar-refractivity contribution >= 4 is 5.91 Å². The van der Waals surface area contributed by atoms with E-state index in [0.29, 0.717) is 24.4 Å². The van der Waals surface area contributed by atoms with E-state index < -0.39 is 0 Å². The number of amides is 1. The Bertz CT molecular complexity index is 594. The van der Waals surface area contributed by atoms with Gasteiger partial charge in [0, 0.05) is 57.0 Å². The number of aromatic nitrogens is 2. The Labute approximate surface area is 156 Å². The Morgan fingerprint density at radius 3 is 2.50 bits per heavy atom. The highest BCUT2D eigenvalue weighted by atomic mass is 16.5. The van der Waals surface area contributed by atoms with Crippen LogP contribution in [0.5, 0.6) is 0 Å². The van der Waals surface area contributed by atoms with E-state index in [9.17, 15) is 4.79 Å². The number of nitrogens with zero attached hydrogens (tertiary/aromatic N) is 4. The van der Waals surface area contributed by atoms with E-state index in [-0.39, 0.29) is 5.91 Å². The fourth-order valence-corrected chi connectivity index (χ4v) is 4.10. The third-order valence-electron chi connectivity index (χ3n) is 5.88. The second-order valence-electron chi connectivity index (χ2n) is 8.19. The Kier molecular flexibility index (Phi) is 6.24. The molecule has 0 N–H and O–H groups in total. The molecule has 0 atom stereocenters. The lowest BCUT2D eigenvalue weighted by Gasteiger charge is -2.47. The average Bonchev–Trinajstić information content (AvgIpc) is 2.65. The van der Waals surface area contributed by atoms with E-state index in [0.717, 1.165) is 57.8 Å². The standard InChI is InChI=1S/C20H32N4O2/c1-16(2)19-21-12-17(13-22-19)14-23-8-6-20(7-9-23)5-4-18(25)24(15-20)10-11-26-3/h12-13,16H,4-11,14-15H2,1-3H3. The molecule has 1 aromatic heterocycles. The van der Waals surface area contributed by atoms with Gasteiger partial charge >= 0.3 is 0 Å². The van der Waals surface area contributed by atoms with E-state index in [4.69, 9.17) is 4.74 Å². The summed E-state index contributed by atoms with van der Waals surface area (Å²) in [5.41, 5.74) is 1.49. The molecule has 2 fully saturated rings. The van der Waals surface area contributed by atoms with Crippen LogP contribution in [0.3, 0.4) is 0 Å². The van der Waals surface area contributed by atoms with Gasteiger partial charge in [-0.2, -0.15) is 0 Å². The van der Waals surface area contributed by atoms with Crippen molar-refractivity contribution in [3.05, 3.63) is 23.8 Å². The van der Waals surface area contributed by atoms with Gasteiger partial charge in [0.2, 0.25) is 5.91 Å². The summed E-state index contributed by atoms with van der Waals surface area (Å²) in [6.45, 7) is 9.56. The van der Waals surface area contributed by atoms with Gasteiger partial charge in [0.1, 0.15) is 5.82 Å². The number of likely N-dealkylation sites (tertiary alicyclic amines) is 2. The van der Waals surface area contributed by atoms with Crippen molar-refractivity contribution in [2.75, 3.05) is 39.9 Å². The van der Waals surface area contributed by atoms with E-state index in [2.05, 4.69) is 28.7 Å². The number of rotatable bonds is 6. The van der Waals surface area contributed by atoms with Gasteiger partial charge in [0.25, 0.3) is 0 Å². The lowest BCUT2D eigenvalue weighted by atomic mass is 9.72. The van der Waals surface area contributed by atoms with Crippen molar-refractivity contribution in [2.45, 2.75) is 52.0 Å². The first-order chi connectivity index (χ1) is 12.5. The van der Waals surface area contributed by atoms with Crippen molar-refractivity contribution in [3.8, 4) is 0 Å². The van der Waals surface area contributed by atoms with Crippen molar-refractivity contribution in [3.63, 3.8) is 0 Å². The molecule has 0 aromatic carbocycles. The van der Waals surface area contributed by atoms with Crippen LogP contribution in [0.4, 0.5) is 0 Å². The maximum Gasteiger partial charge on any atom is 0.222 e. The molecule has 0 bridgehead atoms. The minimum atomic E-state index is 0.289. The number of ether oxygens (including phenoxy) is 1. The smallest absolute Gasteiger partial charge is 0.222 e. The number of piperidine rings is 2. The summed E-state index contributed by atoms with van der Waals surface area (Å²) in [6, 6.07) is 0. The number of methoxy groups -OCH3 is 1. The molecular formula is C20H32N4O2. The number of carbonyl (C=O) groups excluding carboxylic acids is 1. The molecule has 1 aromatic rings. The molecular weight excluding hydrogens is 328 g/mol. The Balaban J connectivity index is 1.52. The van der Waals surface area contributed by atoms with Gasteiger partial charge in [-0.15, -0.1) is 0 Å². The van der Waals surface area contributed by atoms with Crippen LogP contribution in [-0.4, -0.2) is 65.6 Å². The zero-order valence-corrected chi connectivity index (χ0v) is 16.4. The van der Waals surface area contributed by atoms with Crippen molar-refractivity contribution in [1.29, 1.82) is 0 Å². The van der Waals surface area contributed by atoms with Crippen molar-refractivity contribution < 1.29 is 9.53 Å². The molecule has 2 aliphatic rings. The lowest BCUT2D eigenvalue weighted by molar-refractivity contribution is -0.139. The average molecular weight is 361 g/mol. The van der Waals surface area contributed by atoms with Crippen molar-refractivity contribution in [2.24, 2.45) is 5.41 Å². The predicted molar refractivity (Wildman–Crippen MR) is 101 cm³/mol. The third-order valence-corrected chi connectivity index (χ3v) is 5.88. The van der Waals surface area contributed by atoms with Gasteiger partial charge < -0.3 is 9.64 Å². The molecule has 1 amide bonds. The molecule has 1 spiro atoms. The molecule has 26 heavy (non-hydrogen) atoms. The van der Waals surface area contributed by atoms with Gasteiger partial charge in [0.15, 0.2) is 0 Å². The molecule has 3 heterocycles. The molecule has 144 valence electrons. The molecule has 0 saturated carbocycles. The van der Waals surface area contributed by atoms with Gasteiger partial charge in [0.05, 0.1) is 6.61 Å². The zero-order valence-electron chi connectivity index (χ0n) is 16.4. The SMILES string of the molecule is COCCN1CC2(CCC1=O)CCN(Cc1cnc(C(C)C)nc1)CC2. The summed E-state index contributed by atoms with van der Waals surface area (Å²) in [5.74, 6) is 1.57. The molecule has 6 nitrogen and oxygen atoms in total. The highest BCUT2D eigenvalue weighted by Crippen LogP contribution is 2.40. The Hall–Kier alpha value is -1.53. The number of hydrogen-bond acceptors (Lipinski definition) is 5. The molecule has 0 aliphatic carbocycles. The van der Waals surface area contributed by atoms with Crippen LogP contribution in [0.1, 0.15) is 56.8 Å². The first kappa shape index (κ1) is 19.2. The quantitative estimate of drug-likeness (QED) is 0.780. The molecule has 6 heteroatoms. The largest absolute Gasteiger partial charge is 0.383 e. The molecule has 0 radical (unpaired) electrons. The summed E-state index contributed by atoms with van der Waals surface area (Å²) in [6.07, 6.45) is 7.99. The van der Waals surface area contributed by atoms with Gasteiger partial charge in [-0.3, -0.25) is 9.69 Å². The Morgan fingerprint density at radius 1 is 1.19 bits per heavy atom. The maximum atomic E-state index is 12.2. The predicted octanol–water partition coefficient (Wildman–Crippen LogP) is 2.45. The van der Waals surface area contributed by atoms with E-state index in [1.165, 1.54) is 5.56 Å². The van der Waals surface area contributed by atoms with Gasteiger partial charge in [-0.25, -0.2) is 9.97 Å². The van der Waals surface area contributed by atoms with Crippen LogP contribution >= 0.6 is 0 Å². The monoisotopic (exact) mass is 360 g/mol. The van der Waals surface area contributed by atoms with E-state index in [1.54, 1.807) is 7.11 Å². The minimum absolute atomic E-state index is 0.289. The summed E-state index contributed by atoms with van der Waals surface area (Å²) < 4.78 is 5.16. The molecule has 0 unspecified atom stereocenters. The fraction of sp³-hybridized carbons (Fsp3) is 0.750. The van der Waals surface area contributed by atoms with Crippen LogP contribution in [0.2, 0.25) is 0 Å². The van der Waals surface area contributed by atoms with Crippen LogP contribution in [0.25, 0.3) is 0 Å². The second kappa shape index (κ2) is 8.44. The van der Waals surface area contributed by atoms with Crippen LogP contribution in [0, 0.1) is 5.41 Å². The van der Waals surface area contributed by atoms with Gasteiger partial charge in [-0.05, 0) is 37.8 Å². The number of carbonyl (C=O) groups is 1. The number of hydrogen-bond donors (Lipinski definition) is 0. The minimum Gasteiger partial charge on any atom is -0.383 e. The Morgan fingerprint density at radius 2 is 1.88 bits per heavy atom. The summed E-state index contributed by atoms with van der Waals surface area (Å²) in [4.78, 5) is 25.6. The van der Waals surface area contributed by atoms with Crippen LogP contribution in [0.15, 0.2) is 12.4 Å². The van der Waals surface area contributed by atoms with E-state index in [1.807, 2.05) is 17.3 Å². The molecule has 2 saturated heterocycles. The highest BCUT2D eigenvalue weighted by molar-refractivity contribution is 5.77. The topological polar surface area (TPSA) is 58.6 Å². The third kappa shape index (κ3) is 4.60. The van der Waals surface area contributed by atoms with Gasteiger partial charge in [-0.1, -0.05) is 13.8 Å². The van der Waals surface area contributed by atoms with E-state index >= 15 is 0 Å².